The molecule has 3 aromatic carbocycles. The zero-order valence-electron chi connectivity index (χ0n) is 21.0. The first-order valence-corrected chi connectivity index (χ1v) is 12.9. The lowest BCUT2D eigenvalue weighted by Crippen LogP contribution is -2.48. The minimum Gasteiger partial charge on any atom is -0.488 e. The second-order valence-electron chi connectivity index (χ2n) is 9.80. The van der Waals surface area contributed by atoms with Crippen LogP contribution < -0.4 is 15.0 Å². The Morgan fingerprint density at radius 1 is 0.946 bits per heavy atom. The Balaban J connectivity index is 1.58. The van der Waals surface area contributed by atoms with Crippen molar-refractivity contribution in [1.82, 2.24) is 5.32 Å². The molecule has 6 heteroatoms. The number of carbonyl (C=O) groups is 2. The molecule has 5 nitrogen and oxygen atoms in total. The predicted molar refractivity (Wildman–Crippen MR) is 143 cm³/mol. The van der Waals surface area contributed by atoms with Gasteiger partial charge in [-0.3, -0.25) is 14.5 Å². The lowest BCUT2D eigenvalue weighted by Gasteiger charge is -2.34. The van der Waals surface area contributed by atoms with Gasteiger partial charge in [0.05, 0.1) is 5.57 Å². The van der Waals surface area contributed by atoms with E-state index in [2.05, 4.69) is 5.32 Å². The van der Waals surface area contributed by atoms with E-state index in [-0.39, 0.29) is 24.5 Å². The van der Waals surface area contributed by atoms with E-state index in [1.807, 2.05) is 61.5 Å². The van der Waals surface area contributed by atoms with E-state index in [1.54, 1.807) is 12.1 Å². The molecule has 1 aliphatic heterocycles. The van der Waals surface area contributed by atoms with Gasteiger partial charge in [-0.15, -0.1) is 0 Å². The van der Waals surface area contributed by atoms with Crippen molar-refractivity contribution in [1.29, 1.82) is 0 Å². The fourth-order valence-corrected chi connectivity index (χ4v) is 5.07. The second kappa shape index (κ2) is 11.0. The molecule has 3 aromatic rings. The number of halogens is 1. The molecule has 0 bridgehead atoms. The molecule has 190 valence electrons. The van der Waals surface area contributed by atoms with Gasteiger partial charge in [-0.1, -0.05) is 67.3 Å². The minimum absolute atomic E-state index is 0.0586. The number of amides is 2. The lowest BCUT2D eigenvalue weighted by atomic mass is 9.94. The van der Waals surface area contributed by atoms with Crippen molar-refractivity contribution in [3.05, 3.63) is 101 Å². The van der Waals surface area contributed by atoms with Gasteiger partial charge in [-0.25, -0.2) is 4.39 Å². The molecule has 1 saturated carbocycles. The van der Waals surface area contributed by atoms with Crippen LogP contribution in [0, 0.1) is 12.7 Å². The Morgan fingerprint density at radius 3 is 2.38 bits per heavy atom. The molecule has 0 saturated heterocycles. The van der Waals surface area contributed by atoms with E-state index in [0.717, 1.165) is 43.2 Å². The van der Waals surface area contributed by atoms with Gasteiger partial charge in [0.2, 0.25) is 5.91 Å². The fourth-order valence-electron chi connectivity index (χ4n) is 5.07. The Kier molecular flexibility index (Phi) is 7.35. The van der Waals surface area contributed by atoms with Crippen LogP contribution in [0.4, 0.5) is 10.1 Å². The molecule has 1 fully saturated rings. The predicted octanol–water partition coefficient (Wildman–Crippen LogP) is 6.13. The van der Waals surface area contributed by atoms with Gasteiger partial charge >= 0.3 is 0 Å². The van der Waals surface area contributed by atoms with E-state index in [4.69, 9.17) is 4.74 Å². The average Bonchev–Trinajstić information content (AvgIpc) is 2.93. The van der Waals surface area contributed by atoms with Crippen LogP contribution >= 0.6 is 0 Å². The highest BCUT2D eigenvalue weighted by molar-refractivity contribution is 6.12. The second-order valence-corrected chi connectivity index (χ2v) is 9.80. The highest BCUT2D eigenvalue weighted by Gasteiger charge is 2.36. The topological polar surface area (TPSA) is 58.6 Å². The third-order valence-electron chi connectivity index (χ3n) is 7.08. The van der Waals surface area contributed by atoms with Crippen molar-refractivity contribution in [2.45, 2.75) is 51.1 Å². The largest absolute Gasteiger partial charge is 0.488 e. The number of nitrogens with one attached hydrogen (secondary N) is 1. The minimum atomic E-state index is -0.976. The molecule has 1 aliphatic carbocycles. The SMILES string of the molecule is Cc1ccc(N(C(=O)C2=Cc3ccccc3OC2)C(C(=O)NC2CCCCC2)c2ccc(F)cc2)cc1. The van der Waals surface area contributed by atoms with Crippen molar-refractivity contribution >= 4 is 23.6 Å². The maximum atomic E-state index is 14.2. The van der Waals surface area contributed by atoms with Gasteiger partial charge in [0.25, 0.3) is 5.91 Å². The van der Waals surface area contributed by atoms with Gasteiger partial charge in [-0.2, -0.15) is 0 Å². The van der Waals surface area contributed by atoms with E-state index in [0.29, 0.717) is 22.6 Å². The van der Waals surface area contributed by atoms with Crippen LogP contribution in [0.5, 0.6) is 5.75 Å². The number of hydrogen-bond acceptors (Lipinski definition) is 3. The molecule has 1 unspecified atom stereocenters. The molecule has 2 aliphatic rings. The van der Waals surface area contributed by atoms with Crippen molar-refractivity contribution < 1.29 is 18.7 Å². The number of ether oxygens (including phenoxy) is 1. The number of hydrogen-bond donors (Lipinski definition) is 1. The molecule has 5 rings (SSSR count). The number of anilines is 1. The van der Waals surface area contributed by atoms with Crippen LogP contribution in [0.25, 0.3) is 6.08 Å². The summed E-state index contributed by atoms with van der Waals surface area (Å²) < 4.78 is 19.8. The monoisotopic (exact) mass is 498 g/mol. The number of rotatable bonds is 6. The molecular formula is C31H31FN2O3. The number of aryl methyl sites for hydroxylation is 1. The van der Waals surface area contributed by atoms with Crippen molar-refractivity contribution in [2.75, 3.05) is 11.5 Å². The Labute approximate surface area is 217 Å². The van der Waals surface area contributed by atoms with Crippen molar-refractivity contribution in [2.24, 2.45) is 0 Å². The lowest BCUT2D eigenvalue weighted by molar-refractivity contribution is -0.126. The summed E-state index contributed by atoms with van der Waals surface area (Å²) in [5.74, 6) is -0.286. The van der Waals surface area contributed by atoms with Gasteiger partial charge in [0.15, 0.2) is 0 Å². The number of carbonyl (C=O) groups excluding carboxylic acids is 2. The van der Waals surface area contributed by atoms with Crippen LogP contribution in [-0.4, -0.2) is 24.5 Å². The molecule has 0 spiro atoms. The average molecular weight is 499 g/mol. The fraction of sp³-hybridized carbons (Fsp3) is 0.290. The van der Waals surface area contributed by atoms with E-state index in [1.165, 1.54) is 17.0 Å². The van der Waals surface area contributed by atoms with Crippen LogP contribution in [-0.2, 0) is 9.59 Å². The first-order valence-electron chi connectivity index (χ1n) is 12.9. The van der Waals surface area contributed by atoms with E-state index in [9.17, 15) is 14.0 Å². The summed E-state index contributed by atoms with van der Waals surface area (Å²) in [7, 11) is 0. The van der Waals surface area contributed by atoms with Crippen molar-refractivity contribution in [3.63, 3.8) is 0 Å². The first kappa shape index (κ1) is 24.8. The maximum absolute atomic E-state index is 14.2. The molecule has 0 aromatic heterocycles. The van der Waals surface area contributed by atoms with Crippen molar-refractivity contribution in [3.8, 4) is 5.75 Å². The number of para-hydroxylation sites is 1. The molecular weight excluding hydrogens is 467 g/mol. The summed E-state index contributed by atoms with van der Waals surface area (Å²) in [6, 6.07) is 19.9. The van der Waals surface area contributed by atoms with Crippen LogP contribution in [0.2, 0.25) is 0 Å². The molecule has 1 heterocycles. The summed E-state index contributed by atoms with van der Waals surface area (Å²) in [5.41, 5.74) is 3.42. The summed E-state index contributed by atoms with van der Waals surface area (Å²) in [4.78, 5) is 29.6. The van der Waals surface area contributed by atoms with Crippen LogP contribution in [0.3, 0.4) is 0 Å². The summed E-state index contributed by atoms with van der Waals surface area (Å²) in [5, 5.41) is 3.19. The van der Waals surface area contributed by atoms with E-state index >= 15 is 0 Å². The summed E-state index contributed by atoms with van der Waals surface area (Å²) in [6.07, 6.45) is 6.94. The number of benzene rings is 3. The van der Waals surface area contributed by atoms with Gasteiger partial charge in [0, 0.05) is 17.3 Å². The smallest absolute Gasteiger partial charge is 0.258 e. The van der Waals surface area contributed by atoms with Crippen LogP contribution in [0.15, 0.2) is 78.4 Å². The Hall–Kier alpha value is -3.93. The first-order chi connectivity index (χ1) is 18.0. The van der Waals surface area contributed by atoms with Gasteiger partial charge in [0.1, 0.15) is 24.2 Å². The number of nitrogens with zero attached hydrogens (tertiary/aromatic N) is 1. The standard InChI is InChI=1S/C31H31FN2O3/c1-21-11-17-27(18-12-21)34(31(36)24-19-23-7-5-6-10-28(23)37-20-24)29(22-13-15-25(32)16-14-22)30(35)33-26-8-3-2-4-9-26/h5-7,10-19,26,29H,2-4,8-9,20H2,1H3,(H,33,35). The van der Waals surface area contributed by atoms with E-state index < -0.39 is 11.9 Å². The molecule has 2 amide bonds. The quantitative estimate of drug-likeness (QED) is 0.445. The number of fused-ring (bicyclic) bond motifs is 1. The highest BCUT2D eigenvalue weighted by Crippen LogP contribution is 2.33. The Morgan fingerprint density at radius 2 is 1.65 bits per heavy atom. The normalized spacial score (nSPS) is 16.1. The highest BCUT2D eigenvalue weighted by atomic mass is 19.1. The summed E-state index contributed by atoms with van der Waals surface area (Å²) in [6.45, 7) is 2.07. The molecule has 1 N–H and O–H groups in total. The third-order valence-corrected chi connectivity index (χ3v) is 7.08. The molecule has 1 atom stereocenters. The van der Waals surface area contributed by atoms with Gasteiger partial charge in [-0.05, 0) is 61.7 Å². The Bertz CT molecular complexity index is 1290. The van der Waals surface area contributed by atoms with Gasteiger partial charge < -0.3 is 10.1 Å². The van der Waals surface area contributed by atoms with Crippen LogP contribution in [0.1, 0.15) is 54.8 Å². The third kappa shape index (κ3) is 5.58. The zero-order chi connectivity index (χ0) is 25.8. The molecule has 37 heavy (non-hydrogen) atoms. The summed E-state index contributed by atoms with van der Waals surface area (Å²) >= 11 is 0. The maximum Gasteiger partial charge on any atom is 0.258 e. The zero-order valence-corrected chi connectivity index (χ0v) is 21.0. The molecule has 0 radical (unpaired) electrons.